The molecule has 0 unspecified atom stereocenters. The Hall–Kier alpha value is -2.96. The molecule has 2 aromatic rings. The second-order valence-electron chi connectivity index (χ2n) is 5.98. The topological polar surface area (TPSA) is 52.6 Å². The van der Waals surface area contributed by atoms with Gasteiger partial charge in [0.25, 0.3) is 0 Å². The highest BCUT2D eigenvalue weighted by atomic mass is 19.4. The van der Waals surface area contributed by atoms with Crippen molar-refractivity contribution < 1.29 is 23.1 Å². The summed E-state index contributed by atoms with van der Waals surface area (Å²) in [6.07, 6.45) is -1.92. The highest BCUT2D eigenvalue weighted by molar-refractivity contribution is 5.90. The molecular weight excluding hydrogens is 345 g/mol. The Morgan fingerprint density at radius 1 is 1.12 bits per heavy atom. The molecular formula is C19H17F3N2O2. The first-order valence-corrected chi connectivity index (χ1v) is 8.04. The molecule has 2 aromatic carbocycles. The Balaban J connectivity index is 1.64. The summed E-state index contributed by atoms with van der Waals surface area (Å²) in [6.45, 7) is 0.818. The molecule has 4 nitrogen and oxygen atoms in total. The zero-order valence-corrected chi connectivity index (χ0v) is 13.8. The van der Waals surface area contributed by atoms with E-state index in [4.69, 9.17) is 0 Å². The number of amides is 2. The fourth-order valence-electron chi connectivity index (χ4n) is 2.77. The first kappa shape index (κ1) is 17.8. The van der Waals surface area contributed by atoms with Gasteiger partial charge in [0.2, 0.25) is 0 Å². The van der Waals surface area contributed by atoms with Crippen LogP contribution in [0, 0.1) is 0 Å². The number of anilines is 1. The van der Waals surface area contributed by atoms with Crippen LogP contribution < -0.4 is 5.32 Å². The number of nitrogens with one attached hydrogen (secondary N) is 1. The Kier molecular flexibility index (Phi) is 4.88. The highest BCUT2D eigenvalue weighted by Crippen LogP contribution is 2.31. The van der Waals surface area contributed by atoms with Gasteiger partial charge in [0.1, 0.15) is 5.75 Å². The maximum atomic E-state index is 12.7. The van der Waals surface area contributed by atoms with Crippen LogP contribution in [0.15, 0.2) is 54.6 Å². The molecule has 0 radical (unpaired) electrons. The van der Waals surface area contributed by atoms with E-state index in [1.807, 2.05) is 6.08 Å². The van der Waals surface area contributed by atoms with Gasteiger partial charge in [-0.1, -0.05) is 24.3 Å². The van der Waals surface area contributed by atoms with Gasteiger partial charge in [0.05, 0.1) is 5.56 Å². The second kappa shape index (κ2) is 7.11. The van der Waals surface area contributed by atoms with Crippen LogP contribution >= 0.6 is 0 Å². The molecule has 2 N–H and O–H groups in total. The number of carbonyl (C=O) groups is 1. The van der Waals surface area contributed by atoms with E-state index in [9.17, 15) is 23.1 Å². The van der Waals surface area contributed by atoms with Gasteiger partial charge in [-0.25, -0.2) is 4.79 Å². The predicted molar refractivity (Wildman–Crippen MR) is 92.7 cm³/mol. The smallest absolute Gasteiger partial charge is 0.416 e. The minimum atomic E-state index is -4.45. The number of hydrogen-bond acceptors (Lipinski definition) is 2. The summed E-state index contributed by atoms with van der Waals surface area (Å²) >= 11 is 0. The Morgan fingerprint density at radius 3 is 2.46 bits per heavy atom. The van der Waals surface area contributed by atoms with E-state index in [0.29, 0.717) is 19.5 Å². The molecule has 1 aliphatic heterocycles. The minimum absolute atomic E-state index is 0.109. The lowest BCUT2D eigenvalue weighted by atomic mass is 9.99. The lowest BCUT2D eigenvalue weighted by Crippen LogP contribution is -2.37. The molecule has 0 bridgehead atoms. The predicted octanol–water partition coefficient (Wildman–Crippen LogP) is 4.73. The summed E-state index contributed by atoms with van der Waals surface area (Å²) in [5.74, 6) is 0.187. The Labute approximate surface area is 148 Å². The number of phenols is 1. The molecule has 0 aromatic heterocycles. The number of hydrogen-bond donors (Lipinski definition) is 2. The van der Waals surface area contributed by atoms with Crippen LogP contribution in [0.25, 0.3) is 5.57 Å². The van der Waals surface area contributed by atoms with Crippen molar-refractivity contribution in [1.82, 2.24) is 4.90 Å². The van der Waals surface area contributed by atoms with Crippen molar-refractivity contribution in [2.75, 3.05) is 18.4 Å². The number of phenolic OH excluding ortho intramolecular Hbond substituents is 1. The van der Waals surface area contributed by atoms with Crippen molar-refractivity contribution in [3.8, 4) is 5.75 Å². The molecule has 7 heteroatoms. The summed E-state index contributed by atoms with van der Waals surface area (Å²) in [7, 11) is 0. The van der Waals surface area contributed by atoms with Crippen molar-refractivity contribution in [2.24, 2.45) is 0 Å². The van der Waals surface area contributed by atoms with E-state index in [2.05, 4.69) is 5.32 Å². The summed E-state index contributed by atoms with van der Waals surface area (Å²) in [6, 6.07) is 10.9. The standard InChI is InChI=1S/C19H17F3N2O2/c20-19(21,22)15-2-1-3-16(12-15)23-18(26)24-10-8-14(9-11-24)13-4-6-17(25)7-5-13/h1-8,12,25H,9-11H2,(H,23,26). The molecule has 2 amide bonds. The fourth-order valence-corrected chi connectivity index (χ4v) is 2.77. The third kappa shape index (κ3) is 4.17. The van der Waals surface area contributed by atoms with Crippen LogP contribution in [0.1, 0.15) is 17.5 Å². The van der Waals surface area contributed by atoms with Crippen LogP contribution in [0.4, 0.5) is 23.7 Å². The van der Waals surface area contributed by atoms with Crippen LogP contribution in [0.5, 0.6) is 5.75 Å². The quantitative estimate of drug-likeness (QED) is 0.811. The van der Waals surface area contributed by atoms with Crippen molar-refractivity contribution in [2.45, 2.75) is 12.6 Å². The van der Waals surface area contributed by atoms with E-state index in [0.717, 1.165) is 23.3 Å². The molecule has 0 saturated heterocycles. The van der Waals surface area contributed by atoms with Gasteiger partial charge in [-0.15, -0.1) is 0 Å². The lowest BCUT2D eigenvalue weighted by Gasteiger charge is -2.27. The van der Waals surface area contributed by atoms with E-state index >= 15 is 0 Å². The maximum Gasteiger partial charge on any atom is 0.416 e. The number of nitrogens with zero attached hydrogens (tertiary/aromatic N) is 1. The van der Waals surface area contributed by atoms with Crippen LogP contribution in [-0.2, 0) is 6.18 Å². The number of aromatic hydroxyl groups is 1. The van der Waals surface area contributed by atoms with Gasteiger partial charge < -0.3 is 15.3 Å². The minimum Gasteiger partial charge on any atom is -0.508 e. The maximum absolute atomic E-state index is 12.7. The second-order valence-corrected chi connectivity index (χ2v) is 5.98. The molecule has 3 rings (SSSR count). The molecule has 0 atom stereocenters. The molecule has 0 spiro atoms. The van der Waals surface area contributed by atoms with Crippen LogP contribution in [0.3, 0.4) is 0 Å². The monoisotopic (exact) mass is 362 g/mol. The van der Waals surface area contributed by atoms with E-state index in [1.54, 1.807) is 24.3 Å². The first-order valence-electron chi connectivity index (χ1n) is 8.04. The highest BCUT2D eigenvalue weighted by Gasteiger charge is 2.30. The average Bonchev–Trinajstić information content (AvgIpc) is 2.62. The number of benzene rings is 2. The molecule has 136 valence electrons. The van der Waals surface area contributed by atoms with Gasteiger partial charge in [-0.2, -0.15) is 13.2 Å². The molecule has 0 saturated carbocycles. The normalized spacial score (nSPS) is 14.7. The molecule has 1 heterocycles. The average molecular weight is 362 g/mol. The summed E-state index contributed by atoms with van der Waals surface area (Å²) in [4.78, 5) is 13.8. The van der Waals surface area contributed by atoms with Crippen LogP contribution in [0.2, 0.25) is 0 Å². The van der Waals surface area contributed by atoms with Gasteiger partial charge in [0.15, 0.2) is 0 Å². The first-order chi connectivity index (χ1) is 12.3. The van der Waals surface area contributed by atoms with Crippen molar-refractivity contribution >= 4 is 17.3 Å². The molecule has 0 aliphatic carbocycles. The Morgan fingerprint density at radius 2 is 1.85 bits per heavy atom. The fraction of sp³-hybridized carbons (Fsp3) is 0.211. The van der Waals surface area contributed by atoms with Crippen molar-refractivity contribution in [1.29, 1.82) is 0 Å². The zero-order valence-electron chi connectivity index (χ0n) is 13.8. The van der Waals surface area contributed by atoms with Gasteiger partial charge >= 0.3 is 12.2 Å². The van der Waals surface area contributed by atoms with Crippen molar-refractivity contribution in [3.05, 3.63) is 65.7 Å². The zero-order chi connectivity index (χ0) is 18.7. The van der Waals surface area contributed by atoms with Crippen LogP contribution in [-0.4, -0.2) is 29.1 Å². The summed E-state index contributed by atoms with van der Waals surface area (Å²) in [5.41, 5.74) is 1.34. The Bertz CT molecular complexity index is 829. The SMILES string of the molecule is O=C(Nc1cccc(C(F)(F)F)c1)N1CC=C(c2ccc(O)cc2)CC1. The third-order valence-corrected chi connectivity index (χ3v) is 4.18. The lowest BCUT2D eigenvalue weighted by molar-refractivity contribution is -0.137. The largest absolute Gasteiger partial charge is 0.508 e. The molecule has 0 fully saturated rings. The summed E-state index contributed by atoms with van der Waals surface area (Å²) < 4.78 is 38.2. The number of halogens is 3. The van der Waals surface area contributed by atoms with Gasteiger partial charge in [0, 0.05) is 18.8 Å². The van der Waals surface area contributed by atoms with Crippen molar-refractivity contribution in [3.63, 3.8) is 0 Å². The van der Waals surface area contributed by atoms with Gasteiger partial charge in [-0.05, 0) is 47.9 Å². The van der Waals surface area contributed by atoms with E-state index in [1.165, 1.54) is 17.0 Å². The number of alkyl halides is 3. The number of carbonyl (C=O) groups excluding carboxylic acids is 1. The number of urea groups is 1. The summed E-state index contributed by atoms with van der Waals surface area (Å²) in [5, 5.41) is 11.8. The molecule has 1 aliphatic rings. The van der Waals surface area contributed by atoms with E-state index in [-0.39, 0.29) is 11.4 Å². The number of rotatable bonds is 2. The van der Waals surface area contributed by atoms with Gasteiger partial charge in [-0.3, -0.25) is 0 Å². The third-order valence-electron chi connectivity index (χ3n) is 4.18. The van der Waals surface area contributed by atoms with E-state index < -0.39 is 17.8 Å². The molecule has 26 heavy (non-hydrogen) atoms.